The lowest BCUT2D eigenvalue weighted by molar-refractivity contribution is 0.911. The Bertz CT molecular complexity index is 1220. The second-order valence-corrected chi connectivity index (χ2v) is 7.44. The summed E-state index contributed by atoms with van der Waals surface area (Å²) in [5.41, 5.74) is 2.90. The van der Waals surface area contributed by atoms with Crippen LogP contribution in [0.2, 0.25) is 0 Å². The fraction of sp³-hybridized carbons (Fsp3) is 0.0435. The van der Waals surface area contributed by atoms with Crippen molar-refractivity contribution in [2.45, 2.75) is 6.04 Å². The Morgan fingerprint density at radius 3 is 2.48 bits per heavy atom. The number of benzene rings is 2. The van der Waals surface area contributed by atoms with Gasteiger partial charge >= 0.3 is 0 Å². The minimum absolute atomic E-state index is 0.101. The quantitative estimate of drug-likeness (QED) is 0.435. The Kier molecular flexibility index (Phi) is 4.68. The highest BCUT2D eigenvalue weighted by Gasteiger charge is 2.19. The Hall–Kier alpha value is -3.64. The zero-order chi connectivity index (χ0) is 19.5. The number of hydrogen-bond acceptors (Lipinski definition) is 6. The van der Waals surface area contributed by atoms with E-state index < -0.39 is 0 Å². The third-order valence-corrected chi connectivity index (χ3v) is 5.48. The largest absolute Gasteiger partial charge is 0.356 e. The number of nitrogens with zero attached hydrogens (tertiary/aromatic N) is 4. The number of fused-ring (bicyclic) bond motifs is 1. The predicted molar refractivity (Wildman–Crippen MR) is 117 cm³/mol. The second kappa shape index (κ2) is 7.77. The van der Waals surface area contributed by atoms with Gasteiger partial charge in [0.2, 0.25) is 0 Å². The standard InChI is InChI=1S/C23H17N5S/c1-2-7-16(8-3-1)20(23-25-13-14-29-23)27-22-18-10-4-5-11-19(18)26-21(28-22)17-9-6-12-24-15-17/h1-15,20H,(H,26,27,28). The molecule has 5 rings (SSSR count). The van der Waals surface area contributed by atoms with Crippen molar-refractivity contribution in [3.8, 4) is 11.4 Å². The summed E-state index contributed by atoms with van der Waals surface area (Å²) < 4.78 is 0. The highest BCUT2D eigenvalue weighted by Crippen LogP contribution is 2.31. The molecule has 0 aliphatic rings. The van der Waals surface area contributed by atoms with Gasteiger partial charge in [-0.15, -0.1) is 11.3 Å². The Balaban J connectivity index is 1.65. The van der Waals surface area contributed by atoms with Crippen molar-refractivity contribution >= 4 is 28.1 Å². The van der Waals surface area contributed by atoms with Crippen molar-refractivity contribution in [1.82, 2.24) is 19.9 Å². The van der Waals surface area contributed by atoms with Gasteiger partial charge in [0.15, 0.2) is 5.82 Å². The maximum absolute atomic E-state index is 4.86. The molecule has 0 aliphatic carbocycles. The van der Waals surface area contributed by atoms with Gasteiger partial charge in [-0.25, -0.2) is 15.0 Å². The molecule has 1 unspecified atom stereocenters. The summed E-state index contributed by atoms with van der Waals surface area (Å²) in [6, 6.07) is 22.1. The van der Waals surface area contributed by atoms with Crippen molar-refractivity contribution in [2.24, 2.45) is 0 Å². The van der Waals surface area contributed by atoms with Crippen LogP contribution in [0.25, 0.3) is 22.3 Å². The van der Waals surface area contributed by atoms with Gasteiger partial charge in [0.05, 0.1) is 5.52 Å². The second-order valence-electron chi connectivity index (χ2n) is 6.51. The van der Waals surface area contributed by atoms with Crippen LogP contribution < -0.4 is 5.32 Å². The number of thiazole rings is 1. The van der Waals surface area contributed by atoms with Crippen LogP contribution in [0.5, 0.6) is 0 Å². The van der Waals surface area contributed by atoms with Crippen molar-refractivity contribution in [3.05, 3.63) is 101 Å². The molecule has 0 saturated heterocycles. The summed E-state index contributed by atoms with van der Waals surface area (Å²) in [6.45, 7) is 0. The number of anilines is 1. The molecular weight excluding hydrogens is 378 g/mol. The van der Waals surface area contributed by atoms with E-state index in [1.807, 2.05) is 66.2 Å². The lowest BCUT2D eigenvalue weighted by atomic mass is 10.1. The first-order chi connectivity index (χ1) is 14.4. The van der Waals surface area contributed by atoms with Gasteiger partial charge in [0.25, 0.3) is 0 Å². The number of nitrogens with one attached hydrogen (secondary N) is 1. The van der Waals surface area contributed by atoms with Gasteiger partial charge in [0.1, 0.15) is 16.9 Å². The first-order valence-corrected chi connectivity index (χ1v) is 10.1. The minimum Gasteiger partial charge on any atom is -0.356 e. The first kappa shape index (κ1) is 17.5. The highest BCUT2D eigenvalue weighted by molar-refractivity contribution is 7.09. The predicted octanol–water partition coefficient (Wildman–Crippen LogP) is 5.35. The fourth-order valence-corrected chi connectivity index (χ4v) is 3.97. The van der Waals surface area contributed by atoms with E-state index >= 15 is 0 Å². The molecule has 2 aromatic carbocycles. The SMILES string of the molecule is c1ccc(C(Nc2nc(-c3cccnc3)nc3ccccc23)c2nccs2)cc1. The van der Waals surface area contributed by atoms with E-state index in [1.165, 1.54) is 0 Å². The topological polar surface area (TPSA) is 63.6 Å². The number of para-hydroxylation sites is 1. The maximum Gasteiger partial charge on any atom is 0.163 e. The van der Waals surface area contributed by atoms with Crippen LogP contribution in [0, 0.1) is 0 Å². The summed E-state index contributed by atoms with van der Waals surface area (Å²) in [5.74, 6) is 1.42. The molecule has 0 bridgehead atoms. The smallest absolute Gasteiger partial charge is 0.163 e. The van der Waals surface area contributed by atoms with Gasteiger partial charge in [-0.1, -0.05) is 42.5 Å². The van der Waals surface area contributed by atoms with Crippen LogP contribution in [0.4, 0.5) is 5.82 Å². The van der Waals surface area contributed by atoms with E-state index in [0.29, 0.717) is 5.82 Å². The molecule has 3 aromatic heterocycles. The number of pyridine rings is 1. The monoisotopic (exact) mass is 395 g/mol. The van der Waals surface area contributed by atoms with Gasteiger partial charge in [-0.3, -0.25) is 4.98 Å². The Labute approximate surface area is 172 Å². The van der Waals surface area contributed by atoms with E-state index in [2.05, 4.69) is 27.4 Å². The van der Waals surface area contributed by atoms with E-state index in [4.69, 9.17) is 9.97 Å². The summed E-state index contributed by atoms with van der Waals surface area (Å²) in [6.07, 6.45) is 5.36. The van der Waals surface area contributed by atoms with E-state index in [-0.39, 0.29) is 6.04 Å². The normalized spacial score (nSPS) is 12.0. The zero-order valence-electron chi connectivity index (χ0n) is 15.4. The highest BCUT2D eigenvalue weighted by atomic mass is 32.1. The van der Waals surface area contributed by atoms with Crippen LogP contribution in [-0.4, -0.2) is 19.9 Å². The third kappa shape index (κ3) is 3.58. The molecule has 3 heterocycles. The summed E-state index contributed by atoms with van der Waals surface area (Å²) >= 11 is 1.62. The van der Waals surface area contributed by atoms with Crippen LogP contribution in [0.15, 0.2) is 90.7 Å². The van der Waals surface area contributed by atoms with Crippen molar-refractivity contribution in [3.63, 3.8) is 0 Å². The van der Waals surface area contributed by atoms with Crippen LogP contribution in [0.1, 0.15) is 16.6 Å². The van der Waals surface area contributed by atoms with E-state index in [0.717, 1.165) is 32.9 Å². The maximum atomic E-state index is 4.86. The van der Waals surface area contributed by atoms with Crippen molar-refractivity contribution < 1.29 is 0 Å². The van der Waals surface area contributed by atoms with Gasteiger partial charge < -0.3 is 5.32 Å². The molecule has 0 radical (unpaired) electrons. The van der Waals surface area contributed by atoms with Crippen molar-refractivity contribution in [1.29, 1.82) is 0 Å². The van der Waals surface area contributed by atoms with Crippen molar-refractivity contribution in [2.75, 3.05) is 5.32 Å². The molecule has 5 nitrogen and oxygen atoms in total. The van der Waals surface area contributed by atoms with Crippen LogP contribution in [-0.2, 0) is 0 Å². The van der Waals surface area contributed by atoms with E-state index in [1.54, 1.807) is 23.7 Å². The van der Waals surface area contributed by atoms with Crippen LogP contribution in [0.3, 0.4) is 0 Å². The first-order valence-electron chi connectivity index (χ1n) is 9.26. The Morgan fingerprint density at radius 2 is 1.69 bits per heavy atom. The summed E-state index contributed by atoms with van der Waals surface area (Å²) in [7, 11) is 0. The lowest BCUT2D eigenvalue weighted by Crippen LogP contribution is -2.14. The molecule has 0 aliphatic heterocycles. The number of hydrogen-bond donors (Lipinski definition) is 1. The average molecular weight is 395 g/mol. The summed E-state index contributed by atoms with van der Waals surface area (Å²) in [5, 5.41) is 7.58. The lowest BCUT2D eigenvalue weighted by Gasteiger charge is -2.19. The molecule has 1 N–H and O–H groups in total. The molecule has 1 atom stereocenters. The summed E-state index contributed by atoms with van der Waals surface area (Å²) in [4.78, 5) is 18.4. The molecule has 0 saturated carbocycles. The zero-order valence-corrected chi connectivity index (χ0v) is 16.3. The number of rotatable bonds is 5. The molecule has 5 aromatic rings. The molecule has 140 valence electrons. The molecule has 29 heavy (non-hydrogen) atoms. The molecule has 6 heteroatoms. The Morgan fingerprint density at radius 1 is 0.828 bits per heavy atom. The van der Waals surface area contributed by atoms with E-state index in [9.17, 15) is 0 Å². The molecule has 0 fully saturated rings. The number of aromatic nitrogens is 4. The van der Waals surface area contributed by atoms with Gasteiger partial charge in [-0.2, -0.15) is 0 Å². The molecular formula is C23H17N5S. The average Bonchev–Trinajstić information content (AvgIpc) is 3.33. The van der Waals surface area contributed by atoms with Crippen LogP contribution >= 0.6 is 11.3 Å². The molecule has 0 spiro atoms. The van der Waals surface area contributed by atoms with Gasteiger partial charge in [0, 0.05) is 34.9 Å². The third-order valence-electron chi connectivity index (χ3n) is 4.64. The molecule has 0 amide bonds. The fourth-order valence-electron chi connectivity index (χ4n) is 3.26. The minimum atomic E-state index is -0.101. The van der Waals surface area contributed by atoms with Gasteiger partial charge in [-0.05, 0) is 29.8 Å².